The second kappa shape index (κ2) is 37.3. The number of phenolic OH excluding ortho intramolecular Hbond substituents is 1. The maximum absolute atomic E-state index is 12.2. The van der Waals surface area contributed by atoms with Crippen molar-refractivity contribution < 1.29 is 175 Å². The number of anilines is 7. The van der Waals surface area contributed by atoms with Crippen LogP contribution in [-0.4, -0.2) is 56.6 Å². The van der Waals surface area contributed by atoms with Crippen molar-refractivity contribution >= 4 is 181 Å². The number of nitrogens with two attached hydrogens (primary N) is 7. The average Bonchev–Trinajstić information content (AvgIpc) is 0.776. The Morgan fingerprint density at radius 1 is 0.349 bits per heavy atom. The van der Waals surface area contributed by atoms with E-state index in [0.29, 0.717) is 73.3 Å². The van der Waals surface area contributed by atoms with E-state index >= 15 is 0 Å². The Hall–Kier alpha value is -9.23. The van der Waals surface area contributed by atoms with Crippen molar-refractivity contribution in [2.24, 2.45) is 61.4 Å². The van der Waals surface area contributed by atoms with Crippen LogP contribution in [0.1, 0.15) is 0 Å². The van der Waals surface area contributed by atoms with Gasteiger partial charge in [-0.2, -0.15) is 47.9 Å². The fourth-order valence-corrected chi connectivity index (χ4v) is 11.7. The molecule has 12 rings (SSSR count). The van der Waals surface area contributed by atoms with E-state index in [1.54, 1.807) is 133 Å². The predicted octanol–water partition coefficient (Wildman–Crippen LogP) is 3.30. The summed E-state index contributed by atoms with van der Waals surface area (Å²) in [6.07, 6.45) is 0. The van der Waals surface area contributed by atoms with Gasteiger partial charge in [0.15, 0.2) is 0 Å². The topological polar surface area (TPSA) is 574 Å². The molecule has 0 aliphatic heterocycles. The molecule has 15 N–H and O–H groups in total. The van der Waals surface area contributed by atoms with Crippen LogP contribution in [0, 0.1) is 6.07 Å². The van der Waals surface area contributed by atoms with Crippen LogP contribution >= 0.6 is 0 Å². The molecule has 0 aliphatic carbocycles. The molecule has 0 amide bonds. The van der Waals surface area contributed by atoms with Gasteiger partial charge in [-0.25, -0.2) is 25.3 Å². The summed E-state index contributed by atoms with van der Waals surface area (Å²) >= 11 is 0. The molecule has 0 atom stereocenters. The Bertz CT molecular complexity index is 5810. The normalized spacial score (nSPS) is 11.7. The van der Waals surface area contributed by atoms with Gasteiger partial charge < -0.3 is 58.9 Å². The van der Waals surface area contributed by atoms with Gasteiger partial charge in [0.05, 0.1) is 71.6 Å². The molecule has 12 aromatic rings. The van der Waals surface area contributed by atoms with Crippen LogP contribution in [0.3, 0.4) is 0 Å². The van der Waals surface area contributed by atoms with Gasteiger partial charge in [-0.1, -0.05) is 84.2 Å². The van der Waals surface area contributed by atoms with E-state index in [4.69, 9.17) is 52.8 Å². The number of nitrogens with zero attached hydrogens (tertiary/aromatic N) is 12. The van der Waals surface area contributed by atoms with Crippen LogP contribution in [0.2, 0.25) is 0 Å². The number of phenols is 1. The molecule has 0 saturated heterocycles. The van der Waals surface area contributed by atoms with Gasteiger partial charge in [-0.05, 0) is 144 Å². The zero-order valence-corrected chi connectivity index (χ0v) is 67.3. The molecule has 0 unspecified atom stereocenters. The van der Waals surface area contributed by atoms with E-state index in [1.165, 1.54) is 30.3 Å². The first-order valence-corrected chi connectivity index (χ1v) is 34.2. The minimum Gasteiger partial charge on any atom is -0.744 e. The number of benzene rings is 12. The molecule has 0 fully saturated rings. The molecule has 0 saturated carbocycles. The van der Waals surface area contributed by atoms with Crippen molar-refractivity contribution in [2.45, 2.75) is 14.7 Å². The summed E-state index contributed by atoms with van der Waals surface area (Å²) < 4.78 is 133. The number of azo groups is 6. The predicted molar refractivity (Wildman–Crippen MR) is 380 cm³/mol. The first-order valence-electron chi connectivity index (χ1n) is 29.0. The van der Waals surface area contributed by atoms with Crippen molar-refractivity contribution in [1.29, 1.82) is 0 Å². The summed E-state index contributed by atoms with van der Waals surface area (Å²) in [4.78, 5) is -1.66. The molecular formula is C66H49N19Na4O13S4. The van der Waals surface area contributed by atoms with Gasteiger partial charge >= 0.3 is 129 Å². The first-order chi connectivity index (χ1) is 48.5. The summed E-state index contributed by atoms with van der Waals surface area (Å²) in [5.41, 5.74) is 48.7. The zero-order chi connectivity index (χ0) is 73.2. The first kappa shape index (κ1) is 85.7. The second-order valence-corrected chi connectivity index (χ2v) is 25.8. The molecule has 32 nitrogen and oxygen atoms in total. The van der Waals surface area contributed by atoms with E-state index in [1.807, 2.05) is 24.3 Å². The molecule has 0 bridgehead atoms. The molecule has 0 radical (unpaired) electrons. The Balaban J connectivity index is 0.000000307. The zero-order valence-electron chi connectivity index (χ0n) is 56.0. The molecule has 106 heavy (non-hydrogen) atoms. The molecule has 40 heteroatoms. The van der Waals surface area contributed by atoms with Gasteiger partial charge in [0.1, 0.15) is 64.5 Å². The van der Waals surface area contributed by atoms with Crippen LogP contribution < -0.4 is 158 Å². The Labute approximate surface area is 693 Å². The van der Waals surface area contributed by atoms with E-state index in [-0.39, 0.29) is 180 Å². The summed E-state index contributed by atoms with van der Waals surface area (Å²) in [5, 5.41) is 61.8. The van der Waals surface area contributed by atoms with Gasteiger partial charge in [-0.3, -0.25) is 0 Å². The van der Waals surface area contributed by atoms with Crippen LogP contribution in [0.15, 0.2) is 282 Å². The maximum atomic E-state index is 12.2. The van der Waals surface area contributed by atoms with Crippen molar-refractivity contribution in [3.63, 3.8) is 0 Å². The van der Waals surface area contributed by atoms with Crippen LogP contribution in [0.25, 0.3) is 43.4 Å². The molecule has 0 aromatic heterocycles. The minimum absolute atomic E-state index is 0. The van der Waals surface area contributed by atoms with Crippen LogP contribution in [0.5, 0.6) is 5.75 Å². The third-order valence-electron chi connectivity index (χ3n) is 14.5. The Morgan fingerprint density at radius 2 is 0.660 bits per heavy atom. The molecule has 0 spiro atoms. The van der Waals surface area contributed by atoms with Gasteiger partial charge in [0, 0.05) is 32.9 Å². The molecule has 0 heterocycles. The third kappa shape index (κ3) is 21.7. The minimum atomic E-state index is -5.13. The summed E-state index contributed by atoms with van der Waals surface area (Å²) in [6, 6.07) is 56.7. The number of nitrogen functional groups attached to an aromatic ring is 7. The van der Waals surface area contributed by atoms with Crippen molar-refractivity contribution in [1.82, 2.24) is 0 Å². The van der Waals surface area contributed by atoms with E-state index in [9.17, 15) is 44.0 Å². The maximum Gasteiger partial charge on any atom is 1.00 e. The molecular weight excluding hydrogens is 1490 g/mol. The van der Waals surface area contributed by atoms with Crippen LogP contribution in [0.4, 0.5) is 108 Å². The second-order valence-electron chi connectivity index (χ2n) is 21.3. The smallest absolute Gasteiger partial charge is 0.744 e. The number of aromatic hydroxyl groups is 1. The van der Waals surface area contributed by atoms with Gasteiger partial charge in [-0.15, -0.1) is 43.6 Å². The van der Waals surface area contributed by atoms with E-state index in [2.05, 4.69) is 67.4 Å². The fraction of sp³-hybridized carbons (Fsp3) is 0. The average molecular weight is 1540 g/mol. The van der Waals surface area contributed by atoms with Gasteiger partial charge in [0.25, 0.3) is 0 Å². The van der Waals surface area contributed by atoms with E-state index in [0.717, 1.165) is 29.3 Å². The monoisotopic (exact) mass is 1540 g/mol. The summed E-state index contributed by atoms with van der Waals surface area (Å²) in [6.45, 7) is 0. The molecule has 12 aromatic carbocycles. The fourth-order valence-electron chi connectivity index (χ4n) is 9.65. The number of hydrogen-bond acceptors (Lipinski definition) is 32. The largest absolute Gasteiger partial charge is 1.00 e. The van der Waals surface area contributed by atoms with Crippen molar-refractivity contribution in [3.8, 4) is 16.9 Å². The van der Waals surface area contributed by atoms with Crippen molar-refractivity contribution in [3.05, 3.63) is 212 Å². The SMILES string of the molecule is Nc1c(N=Nc2ccc(-c3ccc(N=Nc4cc(S(=O)(=O)[O-])c5ccccc5c4N)cc3)cc2)cc(S(=O)(=O)[O-])c2ccccc12.Nc1ccc(N=Nc2ccc(N=Nc3[c-]cc4cc(S(=O)(=O)[O-])c(N=Nc5ccc(N=Nc6ccc(N)cc6N)cc5)c(O)c4c3N)cc2)c(N)c1.O=S(=O)=O.[Na+].[Na+].[Na+].[Na+]. The quantitative estimate of drug-likeness (QED) is 0.0226. The van der Waals surface area contributed by atoms with Crippen molar-refractivity contribution in [2.75, 3.05) is 40.1 Å². The summed E-state index contributed by atoms with van der Waals surface area (Å²) in [7, 11) is -17.8. The number of hydrogen-bond donors (Lipinski definition) is 8. The Kier molecular flexibility index (Phi) is 30.2. The van der Waals surface area contributed by atoms with Gasteiger partial charge in [0.2, 0.25) is 0 Å². The van der Waals surface area contributed by atoms with Crippen LogP contribution in [-0.2, 0) is 41.0 Å². The van der Waals surface area contributed by atoms with E-state index < -0.39 is 67.1 Å². The Morgan fingerprint density at radius 3 is 1.00 bits per heavy atom. The number of fused-ring (bicyclic) bond motifs is 3. The number of rotatable bonds is 16. The molecule has 514 valence electrons. The molecule has 0 aliphatic rings. The third-order valence-corrected chi connectivity index (χ3v) is 17.1. The summed E-state index contributed by atoms with van der Waals surface area (Å²) in [5.74, 6) is -0.707. The standard InChI is InChI=1S/C34H28N13O4S.C32H24N6O6S2.4Na.O3S/c35-19-2-13-27(25(37)16-19)44-40-21-4-6-23(7-5-21)42-46-29-12-1-18-15-30(52(49,50)51)33(34(48)31(18)32(29)39)47-43-24-10-8-22(9-11-24)41-45-28-14-3-20(36)17-26(28)38;33-31-25-7-3-1-5-23(25)29(45(39,40)41)17-27(31)37-35-21-13-9-19(10-14-21)20-11-15-22(16-12-20)36-38-28-18-30(46(42,43)44)24-6-2-4-8-26(24)32(28)34;;;;;1-4(2)3/h1-11,13-17,48H,35-39H2,(H,49,50,51);1-18H,33-34H2,(H,39,40,41)(H,42,43,44);;;;;/q-1;;4*+1;/p-3.